The molecule has 2 aliphatic rings. The van der Waals surface area contributed by atoms with E-state index in [1.54, 1.807) is 6.92 Å². The van der Waals surface area contributed by atoms with Gasteiger partial charge in [0.15, 0.2) is 0 Å². The molecule has 138 valence electrons. The van der Waals surface area contributed by atoms with Crippen LogP contribution in [0.2, 0.25) is 0 Å². The second-order valence-electron chi connectivity index (χ2n) is 7.60. The Labute approximate surface area is 155 Å². The number of nitrogens with zero attached hydrogens (tertiary/aromatic N) is 1. The highest BCUT2D eigenvalue weighted by Crippen LogP contribution is 2.33. The second kappa shape index (κ2) is 7.29. The summed E-state index contributed by atoms with van der Waals surface area (Å²) in [5, 5.41) is 11.0. The number of hydrogen-bond acceptors (Lipinski definition) is 4. The first kappa shape index (κ1) is 17.4. The minimum absolute atomic E-state index is 0.211. The SMILES string of the molecule is C[C@](O)(COc1ccccc1)c1ccc2c(c1)CN(C1CCC1)CCO2. The largest absolute Gasteiger partial charge is 0.492 e. The third-order valence-corrected chi connectivity index (χ3v) is 5.55. The van der Waals surface area contributed by atoms with Crippen LogP contribution in [0.1, 0.15) is 37.3 Å². The standard InChI is InChI=1S/C22H27NO3/c1-22(24,16-26-20-8-3-2-4-9-20)18-10-11-21-17(14-18)15-23(12-13-25-21)19-6-5-7-19/h2-4,8-11,14,19,24H,5-7,12-13,15-16H2,1H3/t22-/m0/s1. The normalized spacial score (nSPS) is 20.2. The summed E-state index contributed by atoms with van der Waals surface area (Å²) in [4.78, 5) is 2.52. The molecule has 1 aliphatic carbocycles. The summed E-state index contributed by atoms with van der Waals surface area (Å²) in [6, 6.07) is 16.3. The summed E-state index contributed by atoms with van der Waals surface area (Å²) in [6.45, 7) is 4.62. The van der Waals surface area contributed by atoms with Crippen LogP contribution in [0.25, 0.3) is 0 Å². The number of rotatable bonds is 5. The molecule has 1 fully saturated rings. The van der Waals surface area contributed by atoms with Crippen molar-refractivity contribution in [1.82, 2.24) is 4.90 Å². The first-order valence-electron chi connectivity index (χ1n) is 9.52. The summed E-state index contributed by atoms with van der Waals surface area (Å²) >= 11 is 0. The van der Waals surface area contributed by atoms with Gasteiger partial charge in [-0.05, 0) is 49.6 Å². The lowest BCUT2D eigenvalue weighted by atomic mass is 9.90. The van der Waals surface area contributed by atoms with Gasteiger partial charge in [0.05, 0.1) is 0 Å². The Balaban J connectivity index is 1.50. The molecule has 26 heavy (non-hydrogen) atoms. The van der Waals surface area contributed by atoms with Crippen LogP contribution in [0.4, 0.5) is 0 Å². The van der Waals surface area contributed by atoms with Gasteiger partial charge in [0.25, 0.3) is 0 Å². The van der Waals surface area contributed by atoms with Crippen molar-refractivity contribution in [2.24, 2.45) is 0 Å². The molecule has 1 heterocycles. The molecule has 4 nitrogen and oxygen atoms in total. The number of aliphatic hydroxyl groups is 1. The Kier molecular flexibility index (Phi) is 4.88. The molecule has 2 aromatic rings. The highest BCUT2D eigenvalue weighted by Gasteiger charge is 2.29. The van der Waals surface area contributed by atoms with E-state index in [0.717, 1.165) is 42.3 Å². The van der Waals surface area contributed by atoms with E-state index in [1.807, 2.05) is 42.5 Å². The van der Waals surface area contributed by atoms with E-state index in [4.69, 9.17) is 9.47 Å². The van der Waals surface area contributed by atoms with Gasteiger partial charge in [-0.15, -0.1) is 0 Å². The van der Waals surface area contributed by atoms with Gasteiger partial charge in [-0.2, -0.15) is 0 Å². The molecule has 0 aromatic heterocycles. The molecule has 2 aromatic carbocycles. The minimum Gasteiger partial charge on any atom is -0.492 e. The Bertz CT molecular complexity index is 740. The van der Waals surface area contributed by atoms with Gasteiger partial charge >= 0.3 is 0 Å². The molecule has 0 saturated heterocycles. The molecule has 0 bridgehead atoms. The fraction of sp³-hybridized carbons (Fsp3) is 0.455. The van der Waals surface area contributed by atoms with Crippen LogP contribution < -0.4 is 9.47 Å². The fourth-order valence-corrected chi connectivity index (χ4v) is 3.64. The van der Waals surface area contributed by atoms with E-state index in [2.05, 4.69) is 11.0 Å². The number of hydrogen-bond donors (Lipinski definition) is 1. The predicted octanol–water partition coefficient (Wildman–Crippen LogP) is 3.72. The second-order valence-corrected chi connectivity index (χ2v) is 7.60. The maximum absolute atomic E-state index is 11.0. The summed E-state index contributed by atoms with van der Waals surface area (Å²) in [5.74, 6) is 1.71. The molecule has 1 aliphatic heterocycles. The zero-order valence-electron chi connectivity index (χ0n) is 15.4. The topological polar surface area (TPSA) is 41.9 Å². The van der Waals surface area contributed by atoms with Gasteiger partial charge in [-0.1, -0.05) is 30.7 Å². The van der Waals surface area contributed by atoms with Crippen molar-refractivity contribution in [3.05, 3.63) is 59.7 Å². The first-order chi connectivity index (χ1) is 12.6. The summed E-state index contributed by atoms with van der Waals surface area (Å²) in [7, 11) is 0. The van der Waals surface area contributed by atoms with Crippen LogP contribution in [0.5, 0.6) is 11.5 Å². The van der Waals surface area contributed by atoms with E-state index in [-0.39, 0.29) is 6.61 Å². The van der Waals surface area contributed by atoms with E-state index in [9.17, 15) is 5.11 Å². The van der Waals surface area contributed by atoms with Crippen LogP contribution in [0.3, 0.4) is 0 Å². The van der Waals surface area contributed by atoms with E-state index in [1.165, 1.54) is 19.3 Å². The molecule has 4 rings (SSSR count). The van der Waals surface area contributed by atoms with Crippen LogP contribution in [-0.2, 0) is 12.1 Å². The zero-order valence-corrected chi connectivity index (χ0v) is 15.4. The average Bonchev–Trinajstić information content (AvgIpc) is 2.81. The Morgan fingerprint density at radius 3 is 2.73 bits per heavy atom. The van der Waals surface area contributed by atoms with E-state index < -0.39 is 5.60 Å². The van der Waals surface area contributed by atoms with Gasteiger partial charge in [-0.25, -0.2) is 0 Å². The van der Waals surface area contributed by atoms with Crippen molar-refractivity contribution in [2.45, 2.75) is 44.4 Å². The number of ether oxygens (including phenoxy) is 2. The number of para-hydroxylation sites is 1. The molecule has 0 radical (unpaired) electrons. The molecule has 1 saturated carbocycles. The van der Waals surface area contributed by atoms with Crippen LogP contribution in [-0.4, -0.2) is 35.8 Å². The monoisotopic (exact) mass is 353 g/mol. The minimum atomic E-state index is -1.06. The summed E-state index contributed by atoms with van der Waals surface area (Å²) < 4.78 is 11.7. The lowest BCUT2D eigenvalue weighted by Gasteiger charge is -2.36. The third-order valence-electron chi connectivity index (χ3n) is 5.55. The first-order valence-corrected chi connectivity index (χ1v) is 9.52. The van der Waals surface area contributed by atoms with Gasteiger partial charge in [0.1, 0.15) is 30.3 Å². The van der Waals surface area contributed by atoms with Crippen LogP contribution in [0, 0.1) is 0 Å². The van der Waals surface area contributed by atoms with E-state index >= 15 is 0 Å². The summed E-state index contributed by atoms with van der Waals surface area (Å²) in [6.07, 6.45) is 3.91. The summed E-state index contributed by atoms with van der Waals surface area (Å²) in [5.41, 5.74) is 0.969. The molecular weight excluding hydrogens is 326 g/mol. The Hall–Kier alpha value is -2.04. The number of benzene rings is 2. The van der Waals surface area contributed by atoms with E-state index in [0.29, 0.717) is 6.04 Å². The third kappa shape index (κ3) is 3.71. The highest BCUT2D eigenvalue weighted by atomic mass is 16.5. The van der Waals surface area contributed by atoms with Gasteiger partial charge in [0, 0.05) is 24.7 Å². The van der Waals surface area contributed by atoms with Gasteiger partial charge in [0.2, 0.25) is 0 Å². The molecule has 0 spiro atoms. The van der Waals surface area contributed by atoms with Crippen molar-refractivity contribution >= 4 is 0 Å². The highest BCUT2D eigenvalue weighted by molar-refractivity contribution is 5.40. The Morgan fingerprint density at radius 2 is 2.00 bits per heavy atom. The maximum Gasteiger partial charge on any atom is 0.123 e. The maximum atomic E-state index is 11.0. The molecular formula is C22H27NO3. The van der Waals surface area contributed by atoms with Crippen LogP contribution >= 0.6 is 0 Å². The fourth-order valence-electron chi connectivity index (χ4n) is 3.64. The van der Waals surface area contributed by atoms with Crippen molar-refractivity contribution < 1.29 is 14.6 Å². The lowest BCUT2D eigenvalue weighted by Crippen LogP contribution is -2.40. The Morgan fingerprint density at radius 1 is 1.19 bits per heavy atom. The smallest absolute Gasteiger partial charge is 0.123 e. The molecule has 1 N–H and O–H groups in total. The molecule has 0 unspecified atom stereocenters. The molecule has 4 heteroatoms. The van der Waals surface area contributed by atoms with Crippen molar-refractivity contribution in [1.29, 1.82) is 0 Å². The van der Waals surface area contributed by atoms with Crippen LogP contribution in [0.15, 0.2) is 48.5 Å². The van der Waals surface area contributed by atoms with Crippen molar-refractivity contribution in [3.63, 3.8) is 0 Å². The van der Waals surface area contributed by atoms with Gasteiger partial charge in [-0.3, -0.25) is 4.90 Å². The zero-order chi connectivity index (χ0) is 18.0. The molecule has 1 atom stereocenters. The molecule has 0 amide bonds. The quantitative estimate of drug-likeness (QED) is 0.890. The van der Waals surface area contributed by atoms with Crippen molar-refractivity contribution in [3.8, 4) is 11.5 Å². The predicted molar refractivity (Wildman–Crippen MR) is 101 cm³/mol. The lowest BCUT2D eigenvalue weighted by molar-refractivity contribution is 0.00746. The number of fused-ring (bicyclic) bond motifs is 1. The van der Waals surface area contributed by atoms with Gasteiger partial charge < -0.3 is 14.6 Å². The average molecular weight is 353 g/mol. The van der Waals surface area contributed by atoms with Crippen molar-refractivity contribution in [2.75, 3.05) is 19.8 Å².